The molecular formula is C22H26N6. The molecule has 0 aliphatic heterocycles. The molecule has 0 bridgehead atoms. The first-order valence-corrected chi connectivity index (χ1v) is 9.95. The Bertz CT molecular complexity index is 1060. The third-order valence-corrected chi connectivity index (χ3v) is 4.80. The molecule has 0 radical (unpaired) electrons. The number of anilines is 2. The lowest BCUT2D eigenvalue weighted by molar-refractivity contribution is 0.735. The number of aromatic amines is 1. The summed E-state index contributed by atoms with van der Waals surface area (Å²) < 4.78 is 0. The van der Waals surface area contributed by atoms with Gasteiger partial charge in [0.25, 0.3) is 0 Å². The third kappa shape index (κ3) is 3.91. The summed E-state index contributed by atoms with van der Waals surface area (Å²) in [5, 5.41) is 4.59. The Labute approximate surface area is 165 Å². The van der Waals surface area contributed by atoms with Gasteiger partial charge in [0.15, 0.2) is 5.65 Å². The number of H-pyrrole nitrogens is 1. The summed E-state index contributed by atoms with van der Waals surface area (Å²) in [6.07, 6.45) is 5.92. The largest absolute Gasteiger partial charge is 0.365 e. The molecule has 0 atom stereocenters. The fourth-order valence-electron chi connectivity index (χ4n) is 3.43. The molecule has 3 aromatic heterocycles. The molecule has 0 amide bonds. The number of benzene rings is 1. The zero-order valence-corrected chi connectivity index (χ0v) is 16.4. The summed E-state index contributed by atoms with van der Waals surface area (Å²) in [6, 6.07) is 12.5. The highest BCUT2D eigenvalue weighted by Gasteiger charge is 2.09. The first kappa shape index (κ1) is 18.2. The van der Waals surface area contributed by atoms with Gasteiger partial charge in [-0.2, -0.15) is 0 Å². The van der Waals surface area contributed by atoms with Crippen molar-refractivity contribution in [3.63, 3.8) is 0 Å². The second-order valence-corrected chi connectivity index (χ2v) is 7.01. The van der Waals surface area contributed by atoms with Crippen LogP contribution >= 0.6 is 0 Å². The summed E-state index contributed by atoms with van der Waals surface area (Å²) in [5.74, 6) is 1.71. The zero-order valence-electron chi connectivity index (χ0n) is 16.4. The van der Waals surface area contributed by atoms with E-state index in [1.54, 1.807) is 6.20 Å². The zero-order chi connectivity index (χ0) is 19.3. The highest BCUT2D eigenvalue weighted by atomic mass is 15.2. The lowest BCUT2D eigenvalue weighted by atomic mass is 10.1. The molecule has 28 heavy (non-hydrogen) atoms. The van der Waals surface area contributed by atoms with Crippen LogP contribution in [0.5, 0.6) is 0 Å². The van der Waals surface area contributed by atoms with Gasteiger partial charge < -0.3 is 15.2 Å². The third-order valence-electron chi connectivity index (χ3n) is 4.80. The van der Waals surface area contributed by atoms with Gasteiger partial charge in [-0.05, 0) is 48.1 Å². The van der Waals surface area contributed by atoms with Gasteiger partial charge in [-0.1, -0.05) is 26.0 Å². The van der Waals surface area contributed by atoms with Crippen molar-refractivity contribution < 1.29 is 0 Å². The average Bonchev–Trinajstić information content (AvgIpc) is 3.19. The van der Waals surface area contributed by atoms with Crippen LogP contribution in [0.2, 0.25) is 0 Å². The molecule has 6 heteroatoms. The Morgan fingerprint density at radius 3 is 2.68 bits per heavy atom. The van der Waals surface area contributed by atoms with E-state index < -0.39 is 0 Å². The molecule has 0 saturated heterocycles. The van der Waals surface area contributed by atoms with E-state index in [0.29, 0.717) is 12.2 Å². The molecule has 144 valence electrons. The van der Waals surface area contributed by atoms with Gasteiger partial charge in [0.05, 0.1) is 6.20 Å². The van der Waals surface area contributed by atoms with Crippen LogP contribution in [-0.2, 0) is 6.54 Å². The maximum Gasteiger partial charge on any atom is 0.182 e. The monoisotopic (exact) mass is 374 g/mol. The van der Waals surface area contributed by atoms with Crippen LogP contribution < -0.4 is 10.2 Å². The van der Waals surface area contributed by atoms with E-state index in [-0.39, 0.29) is 0 Å². The Hall–Kier alpha value is -3.15. The number of hydrogen-bond donors (Lipinski definition) is 2. The van der Waals surface area contributed by atoms with Gasteiger partial charge in [0.1, 0.15) is 17.2 Å². The quantitative estimate of drug-likeness (QED) is 0.466. The van der Waals surface area contributed by atoms with Crippen LogP contribution in [0.3, 0.4) is 0 Å². The molecule has 0 saturated carbocycles. The second kappa shape index (κ2) is 8.25. The molecule has 4 rings (SSSR count). The topological polar surface area (TPSA) is 69.7 Å². The minimum absolute atomic E-state index is 0.680. The summed E-state index contributed by atoms with van der Waals surface area (Å²) in [6.45, 7) is 7.07. The van der Waals surface area contributed by atoms with Crippen molar-refractivity contribution in [1.82, 2.24) is 19.9 Å². The molecule has 0 fully saturated rings. The number of rotatable bonds is 8. The Morgan fingerprint density at radius 1 is 1.00 bits per heavy atom. The molecule has 0 aliphatic rings. The lowest BCUT2D eigenvalue weighted by Gasteiger charge is -2.22. The van der Waals surface area contributed by atoms with E-state index in [0.717, 1.165) is 48.6 Å². The van der Waals surface area contributed by atoms with E-state index >= 15 is 0 Å². The van der Waals surface area contributed by atoms with Crippen LogP contribution in [-0.4, -0.2) is 33.0 Å². The number of hydrogen-bond acceptors (Lipinski definition) is 5. The molecule has 6 nitrogen and oxygen atoms in total. The highest BCUT2D eigenvalue weighted by molar-refractivity contribution is 5.80. The van der Waals surface area contributed by atoms with E-state index in [2.05, 4.69) is 63.3 Å². The Morgan fingerprint density at radius 2 is 1.86 bits per heavy atom. The van der Waals surface area contributed by atoms with Crippen LogP contribution in [0.1, 0.15) is 32.3 Å². The van der Waals surface area contributed by atoms with Gasteiger partial charge >= 0.3 is 0 Å². The first-order chi connectivity index (χ1) is 13.8. The summed E-state index contributed by atoms with van der Waals surface area (Å²) in [7, 11) is 0. The molecule has 0 spiro atoms. The molecule has 0 aliphatic carbocycles. The fraction of sp³-hybridized carbons (Fsp3) is 0.318. The predicted octanol–water partition coefficient (Wildman–Crippen LogP) is 4.74. The number of nitrogens with one attached hydrogen (secondary N) is 2. The van der Waals surface area contributed by atoms with Crippen molar-refractivity contribution in [2.24, 2.45) is 0 Å². The summed E-state index contributed by atoms with van der Waals surface area (Å²) in [5.41, 5.74) is 3.83. The Kier molecular flexibility index (Phi) is 5.37. The summed E-state index contributed by atoms with van der Waals surface area (Å²) in [4.78, 5) is 19.5. The highest BCUT2D eigenvalue weighted by Crippen LogP contribution is 2.19. The predicted molar refractivity (Wildman–Crippen MR) is 116 cm³/mol. The first-order valence-electron chi connectivity index (χ1n) is 9.95. The molecule has 2 N–H and O–H groups in total. The number of nitrogens with zero attached hydrogens (tertiary/aromatic N) is 4. The fourth-order valence-corrected chi connectivity index (χ4v) is 3.43. The molecular weight excluding hydrogens is 348 g/mol. The van der Waals surface area contributed by atoms with Gasteiger partial charge in [-0.3, -0.25) is 0 Å². The minimum Gasteiger partial charge on any atom is -0.365 e. The van der Waals surface area contributed by atoms with Gasteiger partial charge in [0.2, 0.25) is 0 Å². The van der Waals surface area contributed by atoms with Crippen LogP contribution in [0.25, 0.3) is 22.1 Å². The van der Waals surface area contributed by atoms with E-state index in [9.17, 15) is 0 Å². The Balaban J connectivity index is 1.53. The summed E-state index contributed by atoms with van der Waals surface area (Å²) >= 11 is 0. The van der Waals surface area contributed by atoms with Crippen molar-refractivity contribution in [2.75, 3.05) is 23.3 Å². The number of fused-ring (bicyclic) bond motifs is 2. The van der Waals surface area contributed by atoms with Crippen LogP contribution in [0, 0.1) is 0 Å². The van der Waals surface area contributed by atoms with Crippen LogP contribution in [0.15, 0.2) is 48.8 Å². The maximum atomic E-state index is 4.77. The van der Waals surface area contributed by atoms with Gasteiger partial charge in [-0.15, -0.1) is 0 Å². The van der Waals surface area contributed by atoms with E-state index in [1.807, 2.05) is 18.3 Å². The van der Waals surface area contributed by atoms with Crippen molar-refractivity contribution in [3.05, 3.63) is 54.4 Å². The standard InChI is InChI=1S/C22H26N6/c1-3-11-28(12-4-2)21-8-7-18-22(27-21)26-20(15-24-18)25-14-16-5-6-17-9-10-23-19(17)13-16/h5-10,13,15,23H,3-4,11-12,14H2,1-2H3,(H,25,26,27). The number of pyridine rings is 1. The minimum atomic E-state index is 0.680. The maximum absolute atomic E-state index is 4.77. The lowest BCUT2D eigenvalue weighted by Crippen LogP contribution is -2.25. The van der Waals surface area contributed by atoms with Crippen LogP contribution in [0.4, 0.5) is 11.6 Å². The molecule has 4 aromatic rings. The molecule has 0 unspecified atom stereocenters. The van der Waals surface area contributed by atoms with Crippen molar-refractivity contribution in [3.8, 4) is 0 Å². The van der Waals surface area contributed by atoms with Gasteiger partial charge in [0, 0.05) is 31.3 Å². The average molecular weight is 374 g/mol. The smallest absolute Gasteiger partial charge is 0.182 e. The van der Waals surface area contributed by atoms with E-state index in [1.165, 1.54) is 10.9 Å². The van der Waals surface area contributed by atoms with Crippen molar-refractivity contribution >= 4 is 33.7 Å². The number of aromatic nitrogens is 4. The normalized spacial score (nSPS) is 11.2. The van der Waals surface area contributed by atoms with Crippen molar-refractivity contribution in [2.45, 2.75) is 33.2 Å². The molecule has 1 aromatic carbocycles. The SMILES string of the molecule is CCCN(CCC)c1ccc2ncc(NCc3ccc4cc[nH]c4c3)nc2n1. The van der Waals surface area contributed by atoms with Gasteiger partial charge in [-0.25, -0.2) is 15.0 Å². The second-order valence-electron chi connectivity index (χ2n) is 7.01. The molecule has 3 heterocycles. The van der Waals surface area contributed by atoms with Crippen molar-refractivity contribution in [1.29, 1.82) is 0 Å². The van der Waals surface area contributed by atoms with E-state index in [4.69, 9.17) is 4.98 Å².